The maximum Gasteiger partial charge on any atom is 0.322 e. The second kappa shape index (κ2) is 6.68. The smallest absolute Gasteiger partial charge is 0.322 e. The van der Waals surface area contributed by atoms with Gasteiger partial charge in [0, 0.05) is 18.5 Å². The van der Waals surface area contributed by atoms with Crippen LogP contribution in [-0.2, 0) is 10.2 Å². The Balaban J connectivity index is 2.61. The first kappa shape index (κ1) is 15.7. The van der Waals surface area contributed by atoms with Crippen LogP contribution in [0.3, 0.4) is 0 Å². The van der Waals surface area contributed by atoms with Gasteiger partial charge >= 0.3 is 5.97 Å². The molecule has 1 aromatic rings. The van der Waals surface area contributed by atoms with E-state index in [0.717, 1.165) is 6.54 Å². The molecule has 4 nitrogen and oxygen atoms in total. The molecule has 0 radical (unpaired) electrons. The molecule has 0 aliphatic heterocycles. The van der Waals surface area contributed by atoms with Gasteiger partial charge in [-0.05, 0) is 25.1 Å². The molecule has 0 fully saturated rings. The standard InChI is InChI=1S/C15H24N2O2/c1-11-7-5-6-8-12(11)15(2,3)10-17-9-13(16-4)14(18)19/h5-8,13,16-17H,9-10H2,1-4H3,(H,18,19). The molecule has 0 heterocycles. The summed E-state index contributed by atoms with van der Waals surface area (Å²) in [7, 11) is 1.66. The lowest BCUT2D eigenvalue weighted by Gasteiger charge is -2.28. The van der Waals surface area contributed by atoms with Gasteiger partial charge in [-0.3, -0.25) is 4.79 Å². The maximum atomic E-state index is 10.9. The Labute approximate surface area is 115 Å². The van der Waals surface area contributed by atoms with Gasteiger partial charge in [0.15, 0.2) is 0 Å². The summed E-state index contributed by atoms with van der Waals surface area (Å²) in [6.07, 6.45) is 0. The summed E-state index contributed by atoms with van der Waals surface area (Å²) in [5.74, 6) is -0.830. The highest BCUT2D eigenvalue weighted by molar-refractivity contribution is 5.73. The SMILES string of the molecule is CNC(CNCC(C)(C)c1ccccc1C)C(=O)O. The number of hydrogen-bond acceptors (Lipinski definition) is 3. The van der Waals surface area contributed by atoms with Crippen LogP contribution in [0.4, 0.5) is 0 Å². The van der Waals surface area contributed by atoms with Crippen LogP contribution in [0.1, 0.15) is 25.0 Å². The first-order valence-electron chi connectivity index (χ1n) is 6.55. The molecule has 0 saturated heterocycles. The number of likely N-dealkylation sites (N-methyl/N-ethyl adjacent to an activating group) is 1. The predicted molar refractivity (Wildman–Crippen MR) is 77.6 cm³/mol. The molecule has 1 rings (SSSR count). The van der Waals surface area contributed by atoms with Crippen molar-refractivity contribution in [3.05, 3.63) is 35.4 Å². The largest absolute Gasteiger partial charge is 0.480 e. The lowest BCUT2D eigenvalue weighted by molar-refractivity contribution is -0.139. The number of nitrogens with one attached hydrogen (secondary N) is 2. The van der Waals surface area contributed by atoms with E-state index in [0.29, 0.717) is 6.54 Å². The van der Waals surface area contributed by atoms with E-state index >= 15 is 0 Å². The molecule has 19 heavy (non-hydrogen) atoms. The first-order valence-corrected chi connectivity index (χ1v) is 6.55. The maximum absolute atomic E-state index is 10.9. The van der Waals surface area contributed by atoms with Crippen molar-refractivity contribution in [2.75, 3.05) is 20.1 Å². The topological polar surface area (TPSA) is 61.4 Å². The number of carbonyl (C=O) groups is 1. The molecule has 0 saturated carbocycles. The van der Waals surface area contributed by atoms with Crippen LogP contribution in [0.25, 0.3) is 0 Å². The summed E-state index contributed by atoms with van der Waals surface area (Å²) in [6.45, 7) is 7.59. The molecule has 0 aromatic heterocycles. The van der Waals surface area contributed by atoms with E-state index in [1.54, 1.807) is 7.05 Å². The molecule has 1 aromatic carbocycles. The van der Waals surface area contributed by atoms with E-state index in [9.17, 15) is 4.79 Å². The molecule has 0 spiro atoms. The van der Waals surface area contributed by atoms with E-state index in [1.165, 1.54) is 11.1 Å². The Morgan fingerprint density at radius 1 is 1.37 bits per heavy atom. The van der Waals surface area contributed by atoms with Crippen molar-refractivity contribution < 1.29 is 9.90 Å². The number of rotatable bonds is 7. The molecule has 0 aliphatic rings. The molecule has 1 atom stereocenters. The fraction of sp³-hybridized carbons (Fsp3) is 0.533. The van der Waals surface area contributed by atoms with E-state index in [1.807, 2.05) is 12.1 Å². The molecule has 0 amide bonds. The third kappa shape index (κ3) is 4.33. The summed E-state index contributed by atoms with van der Waals surface area (Å²) in [4.78, 5) is 10.9. The van der Waals surface area contributed by atoms with Gasteiger partial charge in [0.1, 0.15) is 6.04 Å². The van der Waals surface area contributed by atoms with Crippen molar-refractivity contribution in [1.82, 2.24) is 10.6 Å². The van der Waals surface area contributed by atoms with E-state index < -0.39 is 12.0 Å². The molecule has 106 valence electrons. The van der Waals surface area contributed by atoms with Crippen LogP contribution >= 0.6 is 0 Å². The number of benzene rings is 1. The zero-order valence-electron chi connectivity index (χ0n) is 12.2. The number of aryl methyl sites for hydroxylation is 1. The Morgan fingerprint density at radius 2 is 2.00 bits per heavy atom. The highest BCUT2D eigenvalue weighted by Crippen LogP contribution is 2.25. The number of hydrogen-bond donors (Lipinski definition) is 3. The van der Waals surface area contributed by atoms with Gasteiger partial charge < -0.3 is 15.7 Å². The minimum Gasteiger partial charge on any atom is -0.480 e. The number of carboxylic acid groups (broad SMARTS) is 1. The van der Waals surface area contributed by atoms with Crippen LogP contribution in [0.15, 0.2) is 24.3 Å². The summed E-state index contributed by atoms with van der Waals surface area (Å²) in [5.41, 5.74) is 2.53. The Hall–Kier alpha value is -1.39. The van der Waals surface area contributed by atoms with Gasteiger partial charge in [0.25, 0.3) is 0 Å². The van der Waals surface area contributed by atoms with Crippen LogP contribution in [0.5, 0.6) is 0 Å². The summed E-state index contributed by atoms with van der Waals surface area (Å²) in [6, 6.07) is 7.75. The lowest BCUT2D eigenvalue weighted by Crippen LogP contribution is -2.45. The van der Waals surface area contributed by atoms with E-state index in [-0.39, 0.29) is 5.41 Å². The van der Waals surface area contributed by atoms with Crippen LogP contribution in [-0.4, -0.2) is 37.3 Å². The van der Waals surface area contributed by atoms with Crippen LogP contribution in [0, 0.1) is 6.92 Å². The normalized spacial score (nSPS) is 13.3. The fourth-order valence-corrected chi connectivity index (χ4v) is 2.27. The summed E-state index contributed by atoms with van der Waals surface area (Å²) < 4.78 is 0. The predicted octanol–water partition coefficient (Wildman–Crippen LogP) is 1.53. The van der Waals surface area contributed by atoms with Crippen molar-refractivity contribution in [3.63, 3.8) is 0 Å². The van der Waals surface area contributed by atoms with Gasteiger partial charge in [-0.2, -0.15) is 0 Å². The highest BCUT2D eigenvalue weighted by atomic mass is 16.4. The average molecular weight is 264 g/mol. The Bertz CT molecular complexity index is 430. The van der Waals surface area contributed by atoms with Crippen LogP contribution < -0.4 is 10.6 Å². The third-order valence-corrected chi connectivity index (χ3v) is 3.44. The minimum absolute atomic E-state index is 0.0257. The first-order chi connectivity index (χ1) is 8.88. The van der Waals surface area contributed by atoms with Crippen molar-refractivity contribution in [2.24, 2.45) is 0 Å². The lowest BCUT2D eigenvalue weighted by atomic mass is 9.82. The van der Waals surface area contributed by atoms with Crippen LogP contribution in [0.2, 0.25) is 0 Å². The zero-order chi connectivity index (χ0) is 14.5. The van der Waals surface area contributed by atoms with Gasteiger partial charge in [-0.15, -0.1) is 0 Å². The molecular weight excluding hydrogens is 240 g/mol. The average Bonchev–Trinajstić information content (AvgIpc) is 2.34. The Kier molecular flexibility index (Phi) is 5.51. The zero-order valence-corrected chi connectivity index (χ0v) is 12.2. The van der Waals surface area contributed by atoms with Gasteiger partial charge in [0.05, 0.1) is 0 Å². The van der Waals surface area contributed by atoms with Crippen molar-refractivity contribution in [1.29, 1.82) is 0 Å². The second-order valence-electron chi connectivity index (χ2n) is 5.51. The van der Waals surface area contributed by atoms with Gasteiger partial charge in [-0.25, -0.2) is 0 Å². The summed E-state index contributed by atoms with van der Waals surface area (Å²) in [5, 5.41) is 15.0. The van der Waals surface area contributed by atoms with Gasteiger partial charge in [0.2, 0.25) is 0 Å². The van der Waals surface area contributed by atoms with Gasteiger partial charge in [-0.1, -0.05) is 38.1 Å². The van der Waals surface area contributed by atoms with Crippen molar-refractivity contribution in [3.8, 4) is 0 Å². The highest BCUT2D eigenvalue weighted by Gasteiger charge is 2.23. The van der Waals surface area contributed by atoms with E-state index in [4.69, 9.17) is 5.11 Å². The second-order valence-corrected chi connectivity index (χ2v) is 5.51. The number of carboxylic acids is 1. The van der Waals surface area contributed by atoms with E-state index in [2.05, 4.69) is 43.5 Å². The molecule has 3 N–H and O–H groups in total. The van der Waals surface area contributed by atoms with Crippen molar-refractivity contribution in [2.45, 2.75) is 32.2 Å². The molecule has 4 heteroatoms. The number of aliphatic carboxylic acids is 1. The van der Waals surface area contributed by atoms with Crippen molar-refractivity contribution >= 4 is 5.97 Å². The quantitative estimate of drug-likeness (QED) is 0.699. The summed E-state index contributed by atoms with van der Waals surface area (Å²) >= 11 is 0. The minimum atomic E-state index is -0.830. The monoisotopic (exact) mass is 264 g/mol. The molecule has 0 aliphatic carbocycles. The Morgan fingerprint density at radius 3 is 2.53 bits per heavy atom. The molecular formula is C15H24N2O2. The molecule has 1 unspecified atom stereocenters. The third-order valence-electron chi connectivity index (χ3n) is 3.44. The molecule has 0 bridgehead atoms. The fourth-order valence-electron chi connectivity index (χ4n) is 2.27.